The van der Waals surface area contributed by atoms with Crippen LogP contribution in [0.3, 0.4) is 0 Å². The fourth-order valence-corrected chi connectivity index (χ4v) is 3.67. The number of hydrogen-bond acceptors (Lipinski definition) is 7. The van der Waals surface area contributed by atoms with E-state index in [1.165, 1.54) is 13.2 Å². The van der Waals surface area contributed by atoms with Crippen molar-refractivity contribution in [3.05, 3.63) is 83.9 Å². The Morgan fingerprint density at radius 1 is 0.947 bits per heavy atom. The van der Waals surface area contributed by atoms with E-state index < -0.39 is 17.8 Å². The number of carbonyl (C=O) groups excluding carboxylic acids is 4. The number of amides is 5. The average Bonchev–Trinajstić information content (AvgIpc) is 2.91. The van der Waals surface area contributed by atoms with Gasteiger partial charge in [-0.15, -0.1) is 0 Å². The van der Waals surface area contributed by atoms with Gasteiger partial charge in [-0.25, -0.2) is 9.69 Å². The van der Waals surface area contributed by atoms with Gasteiger partial charge in [-0.1, -0.05) is 24.3 Å². The molecule has 1 saturated heterocycles. The summed E-state index contributed by atoms with van der Waals surface area (Å²) in [6.45, 7) is 2.05. The molecule has 1 aliphatic heterocycles. The van der Waals surface area contributed by atoms with E-state index >= 15 is 0 Å². The summed E-state index contributed by atoms with van der Waals surface area (Å²) in [5, 5.41) is 4.91. The minimum absolute atomic E-state index is 0.239. The van der Waals surface area contributed by atoms with Gasteiger partial charge in [0.2, 0.25) is 0 Å². The Bertz CT molecular complexity index is 1390. The zero-order valence-corrected chi connectivity index (χ0v) is 20.7. The van der Waals surface area contributed by atoms with Gasteiger partial charge in [0.1, 0.15) is 11.3 Å². The van der Waals surface area contributed by atoms with Gasteiger partial charge in [-0.05, 0) is 67.1 Å². The second-order valence-corrected chi connectivity index (χ2v) is 8.00. The number of nitrogens with zero attached hydrogens (tertiary/aromatic N) is 1. The largest absolute Gasteiger partial charge is 0.494 e. The molecule has 2 N–H and O–H groups in total. The Labute approximate surface area is 218 Å². The maximum Gasteiger partial charge on any atom is 0.335 e. The monoisotopic (exact) mass is 515 g/mol. The van der Waals surface area contributed by atoms with Crippen LogP contribution in [-0.4, -0.2) is 44.1 Å². The lowest BCUT2D eigenvalue weighted by molar-refractivity contribution is -0.122. The summed E-state index contributed by atoms with van der Waals surface area (Å²) in [5.74, 6) is -0.787. The molecule has 10 nitrogen and oxygen atoms in total. The lowest BCUT2D eigenvalue weighted by atomic mass is 10.1. The number of ether oxygens (including phenoxy) is 3. The molecule has 5 amide bonds. The number of anilines is 2. The van der Waals surface area contributed by atoms with Gasteiger partial charge in [0.05, 0.1) is 19.4 Å². The number of imide groups is 2. The number of para-hydroxylation sites is 1. The van der Waals surface area contributed by atoms with Gasteiger partial charge in [-0.2, -0.15) is 0 Å². The zero-order valence-electron chi connectivity index (χ0n) is 20.7. The van der Waals surface area contributed by atoms with E-state index in [0.29, 0.717) is 29.4 Å². The van der Waals surface area contributed by atoms with Crippen molar-refractivity contribution in [3.63, 3.8) is 0 Å². The third-order valence-corrected chi connectivity index (χ3v) is 5.42. The minimum Gasteiger partial charge on any atom is -0.494 e. The minimum atomic E-state index is -0.851. The van der Waals surface area contributed by atoms with Crippen LogP contribution in [0.4, 0.5) is 16.2 Å². The van der Waals surface area contributed by atoms with Crippen molar-refractivity contribution in [1.82, 2.24) is 5.32 Å². The summed E-state index contributed by atoms with van der Waals surface area (Å²) in [6.07, 6.45) is 1.35. The molecular weight excluding hydrogens is 490 g/mol. The van der Waals surface area contributed by atoms with E-state index in [1.54, 1.807) is 66.7 Å². The second kappa shape index (κ2) is 11.7. The Balaban J connectivity index is 1.50. The fourth-order valence-electron chi connectivity index (χ4n) is 3.67. The summed E-state index contributed by atoms with van der Waals surface area (Å²) >= 11 is 0. The molecule has 0 aromatic heterocycles. The number of methoxy groups -OCH3 is 1. The van der Waals surface area contributed by atoms with E-state index in [-0.39, 0.29) is 29.5 Å². The number of barbiturate groups is 1. The maximum absolute atomic E-state index is 13.2. The first-order chi connectivity index (χ1) is 18.4. The van der Waals surface area contributed by atoms with Crippen LogP contribution in [0.1, 0.15) is 12.5 Å². The highest BCUT2D eigenvalue weighted by molar-refractivity contribution is 6.39. The van der Waals surface area contributed by atoms with E-state index in [9.17, 15) is 19.2 Å². The van der Waals surface area contributed by atoms with Gasteiger partial charge in [0, 0.05) is 5.69 Å². The Morgan fingerprint density at radius 2 is 1.68 bits per heavy atom. The number of nitrogens with one attached hydrogen (secondary N) is 2. The van der Waals surface area contributed by atoms with E-state index in [2.05, 4.69) is 10.6 Å². The molecule has 38 heavy (non-hydrogen) atoms. The highest BCUT2D eigenvalue weighted by Gasteiger charge is 2.36. The number of benzene rings is 3. The van der Waals surface area contributed by atoms with Gasteiger partial charge >= 0.3 is 6.03 Å². The molecule has 0 saturated carbocycles. The van der Waals surface area contributed by atoms with Crippen molar-refractivity contribution in [2.45, 2.75) is 6.92 Å². The summed E-state index contributed by atoms with van der Waals surface area (Å²) in [5.41, 5.74) is 1.13. The second-order valence-electron chi connectivity index (χ2n) is 8.00. The quantitative estimate of drug-likeness (QED) is 0.328. The number of hydrogen-bond donors (Lipinski definition) is 2. The fraction of sp³-hybridized carbons (Fsp3) is 0.143. The maximum atomic E-state index is 13.2. The van der Waals surface area contributed by atoms with Gasteiger partial charge < -0.3 is 19.5 Å². The van der Waals surface area contributed by atoms with Crippen LogP contribution in [0, 0.1) is 0 Å². The van der Waals surface area contributed by atoms with Crippen LogP contribution >= 0.6 is 0 Å². The number of urea groups is 1. The SMILES string of the molecule is CCOc1ccc(N2C(=O)NC(=O)/C(=C\c3ccc(OCC(=O)Nc4ccccc4)c(OC)c3)C2=O)cc1. The van der Waals surface area contributed by atoms with Crippen LogP contribution in [0.15, 0.2) is 78.4 Å². The number of rotatable bonds is 9. The van der Waals surface area contributed by atoms with Crippen LogP contribution in [0.5, 0.6) is 17.2 Å². The predicted octanol–water partition coefficient (Wildman–Crippen LogP) is 3.78. The Morgan fingerprint density at radius 3 is 2.37 bits per heavy atom. The van der Waals surface area contributed by atoms with E-state index in [0.717, 1.165) is 4.90 Å². The molecule has 0 bridgehead atoms. The van der Waals surface area contributed by atoms with Crippen LogP contribution in [0.25, 0.3) is 6.08 Å². The molecule has 0 spiro atoms. The van der Waals surface area contributed by atoms with Gasteiger partial charge in [0.15, 0.2) is 18.1 Å². The highest BCUT2D eigenvalue weighted by atomic mass is 16.5. The van der Waals surface area contributed by atoms with Crippen LogP contribution < -0.4 is 29.7 Å². The molecule has 4 rings (SSSR count). The zero-order chi connectivity index (χ0) is 27.1. The van der Waals surface area contributed by atoms with Crippen molar-refractivity contribution < 1.29 is 33.4 Å². The molecule has 1 aliphatic rings. The molecule has 1 heterocycles. The molecule has 3 aromatic rings. The molecule has 1 fully saturated rings. The van der Waals surface area contributed by atoms with Gasteiger partial charge in [-0.3, -0.25) is 19.7 Å². The van der Waals surface area contributed by atoms with Crippen molar-refractivity contribution in [2.24, 2.45) is 0 Å². The normalized spacial score (nSPS) is 14.2. The predicted molar refractivity (Wildman–Crippen MR) is 140 cm³/mol. The molecule has 0 aliphatic carbocycles. The molecule has 0 atom stereocenters. The van der Waals surface area contributed by atoms with Crippen molar-refractivity contribution in [1.29, 1.82) is 0 Å². The van der Waals surface area contributed by atoms with Crippen molar-refractivity contribution in [2.75, 3.05) is 30.5 Å². The molecule has 194 valence electrons. The summed E-state index contributed by atoms with van der Waals surface area (Å²) in [4.78, 5) is 51.2. The molecule has 0 radical (unpaired) electrons. The Hall–Kier alpha value is -5.12. The summed E-state index contributed by atoms with van der Waals surface area (Å²) in [6, 6.07) is 19.2. The van der Waals surface area contributed by atoms with E-state index in [4.69, 9.17) is 14.2 Å². The van der Waals surface area contributed by atoms with Crippen LogP contribution in [0.2, 0.25) is 0 Å². The first-order valence-corrected chi connectivity index (χ1v) is 11.7. The highest BCUT2D eigenvalue weighted by Crippen LogP contribution is 2.30. The summed E-state index contributed by atoms with van der Waals surface area (Å²) < 4.78 is 16.4. The lowest BCUT2D eigenvalue weighted by Gasteiger charge is -2.26. The van der Waals surface area contributed by atoms with Crippen LogP contribution in [-0.2, 0) is 14.4 Å². The van der Waals surface area contributed by atoms with Crippen molar-refractivity contribution in [3.8, 4) is 17.2 Å². The topological polar surface area (TPSA) is 123 Å². The third kappa shape index (κ3) is 5.98. The smallest absolute Gasteiger partial charge is 0.335 e. The molecule has 0 unspecified atom stereocenters. The molecule has 10 heteroatoms. The standard InChI is InChI=1S/C28H25N3O7/c1-3-37-21-12-10-20(11-13-21)31-27(34)22(26(33)30-28(31)35)15-18-9-14-23(24(16-18)36-2)38-17-25(32)29-19-7-5-4-6-8-19/h4-16H,3,17H2,1-2H3,(H,29,32)(H,30,33,35)/b22-15+. The summed E-state index contributed by atoms with van der Waals surface area (Å²) in [7, 11) is 1.42. The first kappa shape index (κ1) is 26.0. The first-order valence-electron chi connectivity index (χ1n) is 11.7. The molecule has 3 aromatic carbocycles. The lowest BCUT2D eigenvalue weighted by Crippen LogP contribution is -2.54. The molecular formula is C28H25N3O7. The third-order valence-electron chi connectivity index (χ3n) is 5.42. The van der Waals surface area contributed by atoms with E-state index in [1.807, 2.05) is 13.0 Å². The average molecular weight is 516 g/mol. The Kier molecular flexibility index (Phi) is 8.02. The van der Waals surface area contributed by atoms with Gasteiger partial charge in [0.25, 0.3) is 17.7 Å². The van der Waals surface area contributed by atoms with Crippen molar-refractivity contribution >= 4 is 41.2 Å². The number of carbonyl (C=O) groups is 4.